The van der Waals surface area contributed by atoms with Crippen molar-refractivity contribution in [2.24, 2.45) is 0 Å². The van der Waals surface area contributed by atoms with Gasteiger partial charge < -0.3 is 15.4 Å². The fourth-order valence-corrected chi connectivity index (χ4v) is 2.11. The van der Waals surface area contributed by atoms with Gasteiger partial charge in [-0.3, -0.25) is 4.79 Å². The largest absolute Gasteiger partial charge is 0.383 e. The lowest BCUT2D eigenvalue weighted by Crippen LogP contribution is -2.27. The van der Waals surface area contributed by atoms with Gasteiger partial charge in [-0.25, -0.2) is 0 Å². The van der Waals surface area contributed by atoms with Crippen molar-refractivity contribution in [3.05, 3.63) is 47.2 Å². The third kappa shape index (κ3) is 6.84. The van der Waals surface area contributed by atoms with Crippen LogP contribution < -0.4 is 10.6 Å². The zero-order valence-corrected chi connectivity index (χ0v) is 14.8. The van der Waals surface area contributed by atoms with Crippen LogP contribution in [0.15, 0.2) is 36.0 Å². The molecule has 0 fully saturated rings. The number of benzene rings is 1. The molecule has 24 heavy (non-hydrogen) atoms. The summed E-state index contributed by atoms with van der Waals surface area (Å²) in [6.45, 7) is 7.80. The Morgan fingerprint density at radius 2 is 2.04 bits per heavy atom. The van der Waals surface area contributed by atoms with Gasteiger partial charge in [0.2, 0.25) is 0 Å². The first-order valence-electron chi connectivity index (χ1n) is 8.43. The maximum Gasteiger partial charge on any atom is 0.263 e. The van der Waals surface area contributed by atoms with Crippen molar-refractivity contribution in [3.63, 3.8) is 0 Å². The molecule has 0 aliphatic rings. The Morgan fingerprint density at radius 1 is 1.33 bits per heavy atom. The molecule has 1 unspecified atom stereocenters. The number of nitriles is 1. The van der Waals surface area contributed by atoms with Crippen LogP contribution in [-0.2, 0) is 16.0 Å². The standard InChI is InChI=1S/C19H27N3O2/c1-4-16-7-9-17(10-8-16)15(3)22-14-18(13-20)19(23)21-11-6-12-24-5-2/h7-10,14-15,22H,4-6,11-12H2,1-3H3,(H,21,23)/b18-14-. The van der Waals surface area contributed by atoms with E-state index in [1.54, 1.807) is 0 Å². The zero-order chi connectivity index (χ0) is 17.8. The van der Waals surface area contributed by atoms with Gasteiger partial charge in [0.15, 0.2) is 0 Å². The summed E-state index contributed by atoms with van der Waals surface area (Å²) in [4.78, 5) is 12.0. The third-order valence-corrected chi connectivity index (χ3v) is 3.69. The molecule has 5 heteroatoms. The van der Waals surface area contributed by atoms with E-state index in [1.807, 2.05) is 19.9 Å². The Balaban J connectivity index is 2.51. The first kappa shape index (κ1) is 19.7. The van der Waals surface area contributed by atoms with Gasteiger partial charge in [-0.2, -0.15) is 5.26 Å². The predicted octanol–water partition coefficient (Wildman–Crippen LogP) is 2.85. The Bertz CT molecular complexity index is 573. The van der Waals surface area contributed by atoms with E-state index in [-0.39, 0.29) is 17.5 Å². The molecule has 2 N–H and O–H groups in total. The van der Waals surface area contributed by atoms with Crippen molar-refractivity contribution < 1.29 is 9.53 Å². The van der Waals surface area contributed by atoms with Gasteiger partial charge in [-0.15, -0.1) is 0 Å². The van der Waals surface area contributed by atoms with Crippen LogP contribution in [-0.4, -0.2) is 25.7 Å². The minimum Gasteiger partial charge on any atom is -0.383 e. The summed E-state index contributed by atoms with van der Waals surface area (Å²) in [5.74, 6) is -0.366. The molecule has 1 rings (SSSR count). The molecule has 0 aliphatic heterocycles. The van der Waals surface area contributed by atoms with Gasteiger partial charge in [-0.05, 0) is 37.8 Å². The second-order valence-electron chi connectivity index (χ2n) is 5.46. The number of amides is 1. The highest BCUT2D eigenvalue weighted by atomic mass is 16.5. The van der Waals surface area contributed by atoms with Gasteiger partial charge in [0.1, 0.15) is 11.6 Å². The fourth-order valence-electron chi connectivity index (χ4n) is 2.11. The van der Waals surface area contributed by atoms with E-state index in [9.17, 15) is 4.79 Å². The summed E-state index contributed by atoms with van der Waals surface area (Å²) < 4.78 is 5.20. The Kier molecular flexibility index (Phi) is 9.25. The quantitative estimate of drug-likeness (QED) is 0.393. The van der Waals surface area contributed by atoms with Crippen molar-refractivity contribution in [3.8, 4) is 6.07 Å². The smallest absolute Gasteiger partial charge is 0.263 e. The van der Waals surface area contributed by atoms with Crippen molar-refractivity contribution in [2.45, 2.75) is 39.7 Å². The van der Waals surface area contributed by atoms with Crippen LogP contribution in [0.25, 0.3) is 0 Å². The first-order chi connectivity index (χ1) is 11.6. The number of nitrogens with one attached hydrogen (secondary N) is 2. The fraction of sp³-hybridized carbons (Fsp3) is 0.474. The van der Waals surface area contributed by atoms with Crippen LogP contribution in [0.4, 0.5) is 0 Å². The number of hydrogen-bond acceptors (Lipinski definition) is 4. The molecule has 0 spiro atoms. The maximum atomic E-state index is 12.0. The zero-order valence-electron chi connectivity index (χ0n) is 14.8. The second kappa shape index (κ2) is 11.3. The predicted molar refractivity (Wildman–Crippen MR) is 95.2 cm³/mol. The highest BCUT2D eigenvalue weighted by Crippen LogP contribution is 2.14. The third-order valence-electron chi connectivity index (χ3n) is 3.69. The Morgan fingerprint density at radius 3 is 2.62 bits per heavy atom. The highest BCUT2D eigenvalue weighted by Gasteiger charge is 2.09. The van der Waals surface area contributed by atoms with Crippen LogP contribution in [0.2, 0.25) is 0 Å². The lowest BCUT2D eigenvalue weighted by molar-refractivity contribution is -0.117. The van der Waals surface area contributed by atoms with Gasteiger partial charge in [0.05, 0.1) is 0 Å². The van der Waals surface area contributed by atoms with Gasteiger partial charge >= 0.3 is 0 Å². The summed E-state index contributed by atoms with van der Waals surface area (Å²) in [5, 5.41) is 15.0. The minimum absolute atomic E-state index is 0.0185. The molecule has 5 nitrogen and oxygen atoms in total. The van der Waals surface area contributed by atoms with Crippen LogP contribution in [0.5, 0.6) is 0 Å². The number of rotatable bonds is 10. The van der Waals surface area contributed by atoms with Gasteiger partial charge in [-0.1, -0.05) is 31.2 Å². The van der Waals surface area contributed by atoms with Gasteiger partial charge in [0.25, 0.3) is 5.91 Å². The molecule has 1 amide bonds. The normalized spacial score (nSPS) is 12.3. The Labute approximate surface area is 144 Å². The summed E-state index contributed by atoms with van der Waals surface area (Å²) >= 11 is 0. The van der Waals surface area contributed by atoms with E-state index in [2.05, 4.69) is 41.8 Å². The number of aryl methyl sites for hydroxylation is 1. The van der Waals surface area contributed by atoms with E-state index in [4.69, 9.17) is 10.00 Å². The van der Waals surface area contributed by atoms with Crippen molar-refractivity contribution in [1.29, 1.82) is 5.26 Å². The summed E-state index contributed by atoms with van der Waals surface area (Å²) in [7, 11) is 0. The molecule has 0 bridgehead atoms. The molecule has 1 aromatic rings. The summed E-state index contributed by atoms with van der Waals surface area (Å²) in [5.41, 5.74) is 2.46. The number of hydrogen-bond donors (Lipinski definition) is 2. The second-order valence-corrected chi connectivity index (χ2v) is 5.46. The number of carbonyl (C=O) groups is 1. The van der Waals surface area contributed by atoms with Crippen LogP contribution >= 0.6 is 0 Å². The maximum absolute atomic E-state index is 12.0. The van der Waals surface area contributed by atoms with E-state index >= 15 is 0 Å². The molecule has 0 saturated heterocycles. The molecule has 0 saturated carbocycles. The average Bonchev–Trinajstić information content (AvgIpc) is 2.62. The molecule has 0 aliphatic carbocycles. The lowest BCUT2D eigenvalue weighted by atomic mass is 10.1. The minimum atomic E-state index is -0.366. The van der Waals surface area contributed by atoms with E-state index in [0.29, 0.717) is 19.8 Å². The van der Waals surface area contributed by atoms with Crippen molar-refractivity contribution >= 4 is 5.91 Å². The topological polar surface area (TPSA) is 74.1 Å². The molecular weight excluding hydrogens is 302 g/mol. The summed E-state index contributed by atoms with van der Waals surface area (Å²) in [6.07, 6.45) is 3.21. The van der Waals surface area contributed by atoms with Crippen LogP contribution in [0.1, 0.15) is 44.4 Å². The number of nitrogens with zero attached hydrogens (tertiary/aromatic N) is 1. The van der Waals surface area contributed by atoms with E-state index < -0.39 is 0 Å². The summed E-state index contributed by atoms with van der Waals surface area (Å²) in [6, 6.07) is 10.3. The monoisotopic (exact) mass is 329 g/mol. The molecule has 0 heterocycles. The molecule has 130 valence electrons. The SMILES string of the molecule is CCOCCCNC(=O)/C(C#N)=C\NC(C)c1ccc(CC)cc1. The highest BCUT2D eigenvalue weighted by molar-refractivity contribution is 5.97. The molecular formula is C19H27N3O2. The molecule has 0 radical (unpaired) electrons. The Hall–Kier alpha value is -2.32. The molecule has 1 aromatic carbocycles. The van der Waals surface area contributed by atoms with Crippen LogP contribution in [0.3, 0.4) is 0 Å². The average molecular weight is 329 g/mol. The van der Waals surface area contributed by atoms with E-state index in [1.165, 1.54) is 11.8 Å². The van der Waals surface area contributed by atoms with E-state index in [0.717, 1.165) is 18.4 Å². The first-order valence-corrected chi connectivity index (χ1v) is 8.43. The van der Waals surface area contributed by atoms with Crippen molar-refractivity contribution in [1.82, 2.24) is 10.6 Å². The van der Waals surface area contributed by atoms with Gasteiger partial charge in [0, 0.05) is 32.0 Å². The number of ether oxygens (including phenoxy) is 1. The van der Waals surface area contributed by atoms with Crippen molar-refractivity contribution in [2.75, 3.05) is 19.8 Å². The molecule has 0 aromatic heterocycles. The lowest BCUT2D eigenvalue weighted by Gasteiger charge is -2.13. The number of carbonyl (C=O) groups excluding carboxylic acids is 1. The molecule has 1 atom stereocenters. The van der Waals surface area contributed by atoms with Crippen LogP contribution in [0, 0.1) is 11.3 Å².